The number of aromatic nitrogens is 6. The second-order valence-electron chi connectivity index (χ2n) is 8.41. The van der Waals surface area contributed by atoms with E-state index in [4.69, 9.17) is 10.00 Å². The molecule has 0 aliphatic rings. The topological polar surface area (TPSA) is 151 Å². The van der Waals surface area contributed by atoms with Gasteiger partial charge in [-0.05, 0) is 42.2 Å². The van der Waals surface area contributed by atoms with Gasteiger partial charge in [0.25, 0.3) is 5.91 Å². The van der Waals surface area contributed by atoms with Gasteiger partial charge >= 0.3 is 0 Å². The molecule has 40 heavy (non-hydrogen) atoms. The highest BCUT2D eigenvalue weighted by atomic mass is 32.1. The maximum Gasteiger partial charge on any atom is 0.273 e. The summed E-state index contributed by atoms with van der Waals surface area (Å²) in [7, 11) is 1.55. The van der Waals surface area contributed by atoms with Gasteiger partial charge in [-0.1, -0.05) is 6.07 Å². The molecule has 0 bridgehead atoms. The fourth-order valence-electron chi connectivity index (χ4n) is 3.63. The van der Waals surface area contributed by atoms with E-state index in [1.807, 2.05) is 18.2 Å². The van der Waals surface area contributed by atoms with Gasteiger partial charge in [0.05, 0.1) is 12.8 Å². The molecule has 0 spiro atoms. The molecular formula is C27H20FN9O2S. The van der Waals surface area contributed by atoms with E-state index in [2.05, 4.69) is 39.9 Å². The highest BCUT2D eigenvalue weighted by Gasteiger charge is 2.16. The molecule has 13 heteroatoms. The number of pyridine rings is 3. The minimum Gasteiger partial charge on any atom is -0.481 e. The fourth-order valence-corrected chi connectivity index (χ4v) is 4.13. The Morgan fingerprint density at radius 1 is 1.02 bits per heavy atom. The molecule has 2 N–H and O–H groups in total. The van der Waals surface area contributed by atoms with E-state index in [0.29, 0.717) is 39.3 Å². The van der Waals surface area contributed by atoms with E-state index >= 15 is 0 Å². The lowest BCUT2D eigenvalue weighted by molar-refractivity contribution is 0.0941. The number of halogens is 1. The monoisotopic (exact) mass is 553 g/mol. The number of carbonyl (C=O) groups is 1. The summed E-state index contributed by atoms with van der Waals surface area (Å²) < 4.78 is 24.1. The molecule has 0 atom stereocenters. The van der Waals surface area contributed by atoms with Gasteiger partial charge < -0.3 is 15.4 Å². The maximum absolute atomic E-state index is 14.9. The van der Waals surface area contributed by atoms with Crippen molar-refractivity contribution in [1.29, 1.82) is 5.26 Å². The minimum absolute atomic E-state index is 0.135. The summed E-state index contributed by atoms with van der Waals surface area (Å²) in [5.41, 5.74) is 2.82. The molecule has 0 aliphatic heterocycles. The van der Waals surface area contributed by atoms with Gasteiger partial charge in [-0.15, -0.1) is 0 Å². The molecule has 0 aliphatic carbocycles. The molecule has 11 nitrogen and oxygen atoms in total. The molecule has 5 aromatic rings. The van der Waals surface area contributed by atoms with Crippen molar-refractivity contribution >= 4 is 29.1 Å². The summed E-state index contributed by atoms with van der Waals surface area (Å²) in [5.74, 6) is 0.125. The van der Waals surface area contributed by atoms with Crippen LogP contribution in [0.3, 0.4) is 0 Å². The lowest BCUT2D eigenvalue weighted by atomic mass is 10.1. The summed E-state index contributed by atoms with van der Waals surface area (Å²) in [5, 5.41) is 14.7. The van der Waals surface area contributed by atoms with Gasteiger partial charge in [0.2, 0.25) is 5.88 Å². The number of ether oxygens (including phenoxy) is 1. The predicted molar refractivity (Wildman–Crippen MR) is 145 cm³/mol. The van der Waals surface area contributed by atoms with Crippen molar-refractivity contribution in [2.75, 3.05) is 12.4 Å². The van der Waals surface area contributed by atoms with Gasteiger partial charge in [-0.2, -0.15) is 9.64 Å². The number of rotatable bonds is 8. The van der Waals surface area contributed by atoms with Gasteiger partial charge in [-0.3, -0.25) is 9.78 Å². The highest BCUT2D eigenvalue weighted by molar-refractivity contribution is 7.06. The smallest absolute Gasteiger partial charge is 0.273 e. The zero-order chi connectivity index (χ0) is 28.1. The van der Waals surface area contributed by atoms with E-state index in [1.54, 1.807) is 50.7 Å². The number of nitrogens with zero attached hydrogens (tertiary/aromatic N) is 7. The summed E-state index contributed by atoms with van der Waals surface area (Å²) in [6, 6.07) is 13.7. The van der Waals surface area contributed by atoms with E-state index in [1.165, 1.54) is 6.20 Å². The van der Waals surface area contributed by atoms with Crippen LogP contribution in [0, 0.1) is 24.1 Å². The number of nitrogens with one attached hydrogen (secondary N) is 2. The zero-order valence-corrected chi connectivity index (χ0v) is 22.0. The number of methoxy groups -OCH3 is 1. The van der Waals surface area contributed by atoms with Crippen molar-refractivity contribution in [2.45, 2.75) is 13.5 Å². The number of aryl methyl sites for hydroxylation is 1. The molecule has 5 rings (SSSR count). The Balaban J connectivity index is 1.25. The first-order chi connectivity index (χ1) is 19.4. The number of nitriles is 1. The molecule has 0 saturated heterocycles. The predicted octanol–water partition coefficient (Wildman–Crippen LogP) is 4.45. The van der Waals surface area contributed by atoms with E-state index in [0.717, 1.165) is 28.7 Å². The van der Waals surface area contributed by atoms with Crippen LogP contribution in [0.25, 0.3) is 22.6 Å². The van der Waals surface area contributed by atoms with Crippen molar-refractivity contribution < 1.29 is 13.9 Å². The van der Waals surface area contributed by atoms with Crippen LogP contribution in [0.4, 0.5) is 16.0 Å². The Morgan fingerprint density at radius 2 is 1.88 bits per heavy atom. The Hall–Kier alpha value is -5.35. The third-order valence-electron chi connectivity index (χ3n) is 5.56. The van der Waals surface area contributed by atoms with Crippen LogP contribution in [0.15, 0.2) is 61.1 Å². The van der Waals surface area contributed by atoms with Gasteiger partial charge in [0, 0.05) is 60.2 Å². The van der Waals surface area contributed by atoms with E-state index in [9.17, 15) is 9.18 Å². The molecule has 0 aromatic carbocycles. The van der Waals surface area contributed by atoms with E-state index in [-0.39, 0.29) is 18.1 Å². The Kier molecular flexibility index (Phi) is 7.61. The van der Waals surface area contributed by atoms with Crippen LogP contribution in [0.5, 0.6) is 5.88 Å². The second kappa shape index (κ2) is 11.6. The van der Waals surface area contributed by atoms with Crippen LogP contribution < -0.4 is 15.4 Å². The molecule has 0 fully saturated rings. The number of hydrogen-bond acceptors (Lipinski definition) is 11. The molecule has 0 radical (unpaired) electrons. The lowest BCUT2D eigenvalue weighted by Crippen LogP contribution is -2.25. The standard InChI is InChI=1S/C27H20FN9O2S/c1-15-7-22(35-23-9-19(10-29)40-37-23)36-26(34-15)18-8-20(28)25(32-14-18)27(38)33-12-16-3-5-21(30-11-16)17-4-6-24(39-2)31-13-17/h3-9,11,13-14H,12H2,1-2H3,(H,33,38)(H,34,35,36,37). The molecule has 0 unspecified atom stereocenters. The van der Waals surface area contributed by atoms with E-state index < -0.39 is 11.7 Å². The summed E-state index contributed by atoms with van der Waals surface area (Å²) in [6.45, 7) is 1.90. The average Bonchev–Trinajstić information content (AvgIpc) is 3.43. The van der Waals surface area contributed by atoms with Crippen LogP contribution >= 0.6 is 11.5 Å². The zero-order valence-electron chi connectivity index (χ0n) is 21.2. The normalized spacial score (nSPS) is 10.6. The van der Waals surface area contributed by atoms with Gasteiger partial charge in [0.15, 0.2) is 17.3 Å². The Morgan fingerprint density at radius 3 is 2.55 bits per heavy atom. The Labute approximate surface area is 232 Å². The average molecular weight is 554 g/mol. The summed E-state index contributed by atoms with van der Waals surface area (Å²) >= 11 is 1.06. The summed E-state index contributed by atoms with van der Waals surface area (Å²) in [6.07, 6.45) is 4.62. The second-order valence-corrected chi connectivity index (χ2v) is 9.21. The molecule has 0 saturated carbocycles. The van der Waals surface area contributed by atoms with Crippen molar-refractivity contribution in [3.05, 3.63) is 88.7 Å². The maximum atomic E-state index is 14.9. The first-order valence-corrected chi connectivity index (χ1v) is 12.6. The molecule has 198 valence electrons. The van der Waals surface area contributed by atoms with Gasteiger partial charge in [0.1, 0.15) is 22.6 Å². The number of carbonyl (C=O) groups excluding carboxylic acids is 1. The largest absolute Gasteiger partial charge is 0.481 e. The van der Waals surface area contributed by atoms with Crippen molar-refractivity contribution in [3.63, 3.8) is 0 Å². The molecular weight excluding hydrogens is 533 g/mol. The fraction of sp³-hybridized carbons (Fsp3) is 0.111. The number of amides is 1. The van der Waals surface area contributed by atoms with Crippen LogP contribution in [0.1, 0.15) is 26.6 Å². The quantitative estimate of drug-likeness (QED) is 0.282. The van der Waals surface area contributed by atoms with Gasteiger partial charge in [-0.25, -0.2) is 24.3 Å². The highest BCUT2D eigenvalue weighted by Crippen LogP contribution is 2.23. The lowest BCUT2D eigenvalue weighted by Gasteiger charge is -2.09. The first-order valence-electron chi connectivity index (χ1n) is 11.8. The van der Waals surface area contributed by atoms with Crippen LogP contribution in [-0.4, -0.2) is 42.3 Å². The molecule has 1 amide bonds. The molecule has 5 heterocycles. The number of hydrogen-bond donors (Lipinski definition) is 2. The third kappa shape index (κ3) is 6.03. The SMILES string of the molecule is COc1ccc(-c2ccc(CNC(=O)c3ncc(-c4nc(C)cc(Nc5cc(C#N)sn5)n4)cc3F)cn2)cn1. The van der Waals surface area contributed by atoms with Crippen molar-refractivity contribution in [3.8, 4) is 34.6 Å². The molecule has 5 aromatic heterocycles. The van der Waals surface area contributed by atoms with Crippen LogP contribution in [0.2, 0.25) is 0 Å². The van der Waals surface area contributed by atoms with Crippen LogP contribution in [-0.2, 0) is 6.54 Å². The third-order valence-corrected chi connectivity index (χ3v) is 6.26. The van der Waals surface area contributed by atoms with Crippen molar-refractivity contribution in [1.82, 2.24) is 34.6 Å². The first kappa shape index (κ1) is 26.3. The Bertz CT molecular complexity index is 1720. The van der Waals surface area contributed by atoms with Crippen molar-refractivity contribution in [2.24, 2.45) is 0 Å². The summed E-state index contributed by atoms with van der Waals surface area (Å²) in [4.78, 5) is 34.4. The minimum atomic E-state index is -0.812. The number of anilines is 2.